The van der Waals surface area contributed by atoms with E-state index in [9.17, 15) is 19.7 Å². The molecule has 0 saturated heterocycles. The van der Waals surface area contributed by atoms with Gasteiger partial charge in [-0.25, -0.2) is 0 Å². The van der Waals surface area contributed by atoms with Gasteiger partial charge >= 0.3 is 0 Å². The number of ketones is 2. The van der Waals surface area contributed by atoms with Gasteiger partial charge in [-0.15, -0.1) is 0 Å². The second-order valence-electron chi connectivity index (χ2n) is 4.20. The molecule has 0 unspecified atom stereocenters. The van der Waals surface area contributed by atoms with Crippen LogP contribution in [0.15, 0.2) is 12.1 Å². The minimum atomic E-state index is -0.538. The molecular formula is C12H11NO4. The van der Waals surface area contributed by atoms with Crippen molar-refractivity contribution >= 4 is 17.3 Å². The first-order valence-corrected chi connectivity index (χ1v) is 5.32. The largest absolute Gasteiger partial charge is 0.300 e. The van der Waals surface area contributed by atoms with Crippen molar-refractivity contribution in [2.24, 2.45) is 0 Å². The fraction of sp³-hybridized carbons (Fsp3) is 0.333. The SMILES string of the molecule is CC(=O)Cc1cc2c(cc1[N+](=O)[O-])C(=O)CC2. The number of Topliss-reactive ketones (excluding diaryl/α,β-unsaturated/α-hetero) is 2. The maximum absolute atomic E-state index is 11.5. The van der Waals surface area contributed by atoms with Gasteiger partial charge in [-0.2, -0.15) is 0 Å². The third kappa shape index (κ3) is 2.08. The van der Waals surface area contributed by atoms with Crippen LogP contribution < -0.4 is 0 Å². The Morgan fingerprint density at radius 2 is 2.12 bits per heavy atom. The van der Waals surface area contributed by atoms with Crippen LogP contribution in [0, 0.1) is 10.1 Å². The Hall–Kier alpha value is -2.04. The molecule has 0 fully saturated rings. The van der Waals surface area contributed by atoms with Crippen molar-refractivity contribution in [1.82, 2.24) is 0 Å². The molecule has 0 amide bonds. The highest BCUT2D eigenvalue weighted by Crippen LogP contribution is 2.30. The van der Waals surface area contributed by atoms with Crippen LogP contribution in [0.25, 0.3) is 0 Å². The first-order valence-electron chi connectivity index (χ1n) is 5.32. The fourth-order valence-electron chi connectivity index (χ4n) is 2.11. The molecule has 1 aliphatic rings. The summed E-state index contributed by atoms with van der Waals surface area (Å²) >= 11 is 0. The molecule has 0 radical (unpaired) electrons. The summed E-state index contributed by atoms with van der Waals surface area (Å²) in [5.41, 5.74) is 1.52. The van der Waals surface area contributed by atoms with Gasteiger partial charge in [0.2, 0.25) is 0 Å². The average Bonchev–Trinajstić information content (AvgIpc) is 2.58. The summed E-state index contributed by atoms with van der Waals surface area (Å²) in [5.74, 6) is -0.185. The van der Waals surface area contributed by atoms with Crippen LogP contribution in [0.4, 0.5) is 5.69 Å². The van der Waals surface area contributed by atoms with Gasteiger partial charge in [0, 0.05) is 30.0 Å². The fourth-order valence-corrected chi connectivity index (χ4v) is 2.11. The molecule has 0 aliphatic heterocycles. The second kappa shape index (κ2) is 4.08. The van der Waals surface area contributed by atoms with Crippen molar-refractivity contribution in [2.45, 2.75) is 26.2 Å². The zero-order valence-electron chi connectivity index (χ0n) is 9.36. The number of carbonyl (C=O) groups is 2. The third-order valence-electron chi connectivity index (χ3n) is 2.86. The number of aryl methyl sites for hydroxylation is 1. The molecular weight excluding hydrogens is 222 g/mol. The van der Waals surface area contributed by atoms with E-state index in [2.05, 4.69) is 0 Å². The molecule has 5 heteroatoms. The van der Waals surface area contributed by atoms with Gasteiger partial charge < -0.3 is 0 Å². The van der Waals surface area contributed by atoms with Crippen LogP contribution in [0.1, 0.15) is 34.8 Å². The van der Waals surface area contributed by atoms with E-state index in [0.29, 0.717) is 24.0 Å². The molecule has 0 atom stereocenters. The molecule has 0 heterocycles. The van der Waals surface area contributed by atoms with Gasteiger partial charge in [0.1, 0.15) is 5.78 Å². The summed E-state index contributed by atoms with van der Waals surface area (Å²) < 4.78 is 0. The predicted octanol–water partition coefficient (Wildman–Crippen LogP) is 1.86. The molecule has 2 rings (SSSR count). The van der Waals surface area contributed by atoms with Gasteiger partial charge in [-0.05, 0) is 25.0 Å². The second-order valence-corrected chi connectivity index (χ2v) is 4.20. The summed E-state index contributed by atoms with van der Waals surface area (Å²) in [6, 6.07) is 2.93. The summed E-state index contributed by atoms with van der Waals surface area (Å²) in [6.07, 6.45) is 1.05. The number of carbonyl (C=O) groups excluding carboxylic acids is 2. The smallest absolute Gasteiger partial charge is 0.273 e. The molecule has 0 N–H and O–H groups in total. The number of hydrogen-bond donors (Lipinski definition) is 0. The zero-order valence-corrected chi connectivity index (χ0v) is 9.36. The lowest BCUT2D eigenvalue weighted by molar-refractivity contribution is -0.385. The molecule has 0 bridgehead atoms. The normalized spacial score (nSPS) is 13.6. The standard InChI is InChI=1S/C12H11NO4/c1-7(14)4-9-5-8-2-3-12(15)10(8)6-11(9)13(16)17/h5-6H,2-4H2,1H3. The molecule has 0 saturated carbocycles. The Morgan fingerprint density at radius 3 is 2.71 bits per heavy atom. The van der Waals surface area contributed by atoms with Gasteiger partial charge in [0.05, 0.1) is 4.92 Å². The van der Waals surface area contributed by atoms with Crippen LogP contribution in [0.3, 0.4) is 0 Å². The van der Waals surface area contributed by atoms with Crippen molar-refractivity contribution in [3.8, 4) is 0 Å². The van der Waals surface area contributed by atoms with E-state index in [0.717, 1.165) is 5.56 Å². The monoisotopic (exact) mass is 233 g/mol. The molecule has 5 nitrogen and oxygen atoms in total. The topological polar surface area (TPSA) is 77.3 Å². The summed E-state index contributed by atoms with van der Waals surface area (Å²) in [5, 5.41) is 10.9. The van der Waals surface area contributed by atoms with Crippen LogP contribution in [-0.4, -0.2) is 16.5 Å². The van der Waals surface area contributed by atoms with E-state index in [1.807, 2.05) is 0 Å². The van der Waals surface area contributed by atoms with Gasteiger partial charge in [-0.3, -0.25) is 19.7 Å². The summed E-state index contributed by atoms with van der Waals surface area (Å²) in [7, 11) is 0. The van der Waals surface area contributed by atoms with E-state index in [1.54, 1.807) is 6.07 Å². The quantitative estimate of drug-likeness (QED) is 0.589. The third-order valence-corrected chi connectivity index (χ3v) is 2.86. The number of benzene rings is 1. The van der Waals surface area contributed by atoms with Crippen LogP contribution in [0.2, 0.25) is 0 Å². The Balaban J connectivity index is 2.55. The number of nitrogens with zero attached hydrogens (tertiary/aromatic N) is 1. The summed E-state index contributed by atoms with van der Waals surface area (Å²) in [4.78, 5) is 32.9. The molecule has 88 valence electrons. The van der Waals surface area contributed by atoms with E-state index in [-0.39, 0.29) is 23.7 Å². The first kappa shape index (κ1) is 11.4. The minimum Gasteiger partial charge on any atom is -0.300 e. The number of hydrogen-bond acceptors (Lipinski definition) is 4. The van der Waals surface area contributed by atoms with E-state index in [4.69, 9.17) is 0 Å². The van der Waals surface area contributed by atoms with Crippen LogP contribution >= 0.6 is 0 Å². The predicted molar refractivity (Wildman–Crippen MR) is 60.1 cm³/mol. The lowest BCUT2D eigenvalue weighted by atomic mass is 10.0. The van der Waals surface area contributed by atoms with E-state index < -0.39 is 4.92 Å². The van der Waals surface area contributed by atoms with Crippen LogP contribution in [0.5, 0.6) is 0 Å². The van der Waals surface area contributed by atoms with Crippen molar-refractivity contribution in [2.75, 3.05) is 0 Å². The van der Waals surface area contributed by atoms with Gasteiger partial charge in [-0.1, -0.05) is 0 Å². The number of rotatable bonds is 3. The minimum absolute atomic E-state index is 0.0395. The van der Waals surface area contributed by atoms with Gasteiger partial charge in [0.15, 0.2) is 5.78 Å². The summed E-state index contributed by atoms with van der Waals surface area (Å²) in [6.45, 7) is 1.39. The zero-order chi connectivity index (χ0) is 12.6. The van der Waals surface area contributed by atoms with E-state index in [1.165, 1.54) is 13.0 Å². The Labute approximate surface area is 97.6 Å². The highest BCUT2D eigenvalue weighted by atomic mass is 16.6. The Bertz CT molecular complexity index is 534. The maximum atomic E-state index is 11.5. The number of nitro benzene ring substituents is 1. The highest BCUT2D eigenvalue weighted by molar-refractivity contribution is 6.01. The number of nitro groups is 1. The Morgan fingerprint density at radius 1 is 1.41 bits per heavy atom. The van der Waals surface area contributed by atoms with Crippen molar-refractivity contribution < 1.29 is 14.5 Å². The molecule has 1 aromatic carbocycles. The molecule has 0 aromatic heterocycles. The Kier molecular flexibility index (Phi) is 2.75. The molecule has 1 aliphatic carbocycles. The average molecular weight is 233 g/mol. The maximum Gasteiger partial charge on any atom is 0.273 e. The van der Waals surface area contributed by atoms with Crippen molar-refractivity contribution in [1.29, 1.82) is 0 Å². The molecule has 1 aromatic rings. The van der Waals surface area contributed by atoms with E-state index >= 15 is 0 Å². The molecule has 0 spiro atoms. The van der Waals surface area contributed by atoms with Gasteiger partial charge in [0.25, 0.3) is 5.69 Å². The lowest BCUT2D eigenvalue weighted by Gasteiger charge is -2.04. The number of fused-ring (bicyclic) bond motifs is 1. The lowest BCUT2D eigenvalue weighted by Crippen LogP contribution is -2.04. The highest BCUT2D eigenvalue weighted by Gasteiger charge is 2.26. The molecule has 17 heavy (non-hydrogen) atoms. The van der Waals surface area contributed by atoms with Crippen LogP contribution in [-0.2, 0) is 17.6 Å². The van der Waals surface area contributed by atoms with Crippen molar-refractivity contribution in [3.63, 3.8) is 0 Å². The first-order chi connectivity index (χ1) is 7.99. The van der Waals surface area contributed by atoms with Crippen molar-refractivity contribution in [3.05, 3.63) is 38.9 Å².